The molecule has 3 heterocycles. The van der Waals surface area contributed by atoms with E-state index in [0.717, 1.165) is 56.5 Å². The summed E-state index contributed by atoms with van der Waals surface area (Å²) in [6.07, 6.45) is 7.56. The van der Waals surface area contributed by atoms with Crippen LogP contribution >= 0.6 is 11.3 Å². The fourth-order valence-electron chi connectivity index (χ4n) is 4.82. The summed E-state index contributed by atoms with van der Waals surface area (Å²) in [5.74, 6) is 1.01. The van der Waals surface area contributed by atoms with Crippen LogP contribution < -0.4 is 5.32 Å². The Morgan fingerprint density at radius 3 is 3.00 bits per heavy atom. The third-order valence-electron chi connectivity index (χ3n) is 6.47. The van der Waals surface area contributed by atoms with Gasteiger partial charge in [-0.1, -0.05) is 5.16 Å². The van der Waals surface area contributed by atoms with Gasteiger partial charge in [0, 0.05) is 24.6 Å². The topological polar surface area (TPSA) is 58.4 Å². The van der Waals surface area contributed by atoms with E-state index in [0.29, 0.717) is 23.7 Å². The molecule has 1 atom stereocenters. The lowest BCUT2D eigenvalue weighted by Crippen LogP contribution is -2.39. The minimum atomic E-state index is 0.0727. The maximum atomic E-state index is 13.5. The van der Waals surface area contributed by atoms with Crippen LogP contribution in [0, 0.1) is 5.41 Å². The summed E-state index contributed by atoms with van der Waals surface area (Å²) in [7, 11) is 0. The van der Waals surface area contributed by atoms with Gasteiger partial charge in [0.1, 0.15) is 5.76 Å². The fraction of sp³-hybridized carbons (Fsp3) is 0.600. The Kier molecular flexibility index (Phi) is 4.13. The monoisotopic (exact) mass is 371 g/mol. The van der Waals surface area contributed by atoms with Crippen molar-refractivity contribution in [1.29, 1.82) is 0 Å². The summed E-state index contributed by atoms with van der Waals surface area (Å²) in [5, 5.41) is 11.9. The summed E-state index contributed by atoms with van der Waals surface area (Å²) in [6.45, 7) is 2.82. The van der Waals surface area contributed by atoms with Gasteiger partial charge in [-0.15, -0.1) is 0 Å². The van der Waals surface area contributed by atoms with Crippen molar-refractivity contribution in [2.75, 3.05) is 13.1 Å². The molecule has 2 aromatic heterocycles. The Morgan fingerprint density at radius 1 is 1.35 bits per heavy atom. The maximum absolute atomic E-state index is 13.5. The molecule has 2 aliphatic carbocycles. The molecule has 1 amide bonds. The van der Waals surface area contributed by atoms with Crippen LogP contribution in [0.1, 0.15) is 59.5 Å². The molecule has 0 aromatic carbocycles. The number of amides is 1. The minimum absolute atomic E-state index is 0.0727. The van der Waals surface area contributed by atoms with Gasteiger partial charge in [-0.25, -0.2) is 0 Å². The second-order valence-corrected chi connectivity index (χ2v) is 8.82. The van der Waals surface area contributed by atoms with Gasteiger partial charge < -0.3 is 14.7 Å². The van der Waals surface area contributed by atoms with Crippen molar-refractivity contribution in [1.82, 2.24) is 15.4 Å². The number of aromatic nitrogens is 1. The van der Waals surface area contributed by atoms with Crippen LogP contribution in [0.3, 0.4) is 0 Å². The highest BCUT2D eigenvalue weighted by molar-refractivity contribution is 7.07. The van der Waals surface area contributed by atoms with Gasteiger partial charge in [0.25, 0.3) is 5.91 Å². The molecule has 1 saturated heterocycles. The molecule has 5 nitrogen and oxygen atoms in total. The summed E-state index contributed by atoms with van der Waals surface area (Å²) in [6, 6.07) is 2.47. The van der Waals surface area contributed by atoms with Crippen LogP contribution in [0.15, 0.2) is 21.3 Å². The van der Waals surface area contributed by atoms with Crippen LogP contribution in [0.4, 0.5) is 0 Å². The number of hydrogen-bond acceptors (Lipinski definition) is 5. The van der Waals surface area contributed by atoms with Crippen LogP contribution in [0.2, 0.25) is 0 Å². The number of carbonyl (C=O) groups excluding carboxylic acids is 1. The largest absolute Gasteiger partial charge is 0.360 e. The molecule has 1 spiro atoms. The van der Waals surface area contributed by atoms with E-state index in [9.17, 15) is 4.79 Å². The zero-order chi connectivity index (χ0) is 17.6. The van der Waals surface area contributed by atoms with E-state index >= 15 is 0 Å². The third-order valence-corrected chi connectivity index (χ3v) is 7.20. The van der Waals surface area contributed by atoms with Crippen molar-refractivity contribution >= 4 is 17.2 Å². The number of fused-ring (bicyclic) bond motifs is 1. The standard InChI is InChI=1S/C20H25N3O2S/c24-19(18-15-3-1-2-4-16(15)25-22-18)23(12-14-5-10-26-13-14)17-11-20(17)6-8-21-9-7-20/h5,10,13,17,21H,1-4,6-9,11-12H2/t17-/m0/s1. The Balaban J connectivity index is 1.44. The van der Waals surface area contributed by atoms with Gasteiger partial charge in [0.15, 0.2) is 5.69 Å². The van der Waals surface area contributed by atoms with Gasteiger partial charge in [-0.3, -0.25) is 4.79 Å². The molecule has 0 bridgehead atoms. The number of aryl methyl sites for hydroxylation is 1. The summed E-state index contributed by atoms with van der Waals surface area (Å²) >= 11 is 1.69. The zero-order valence-corrected chi connectivity index (χ0v) is 15.8. The van der Waals surface area contributed by atoms with Gasteiger partial charge >= 0.3 is 0 Å². The van der Waals surface area contributed by atoms with Crippen LogP contribution in [0.5, 0.6) is 0 Å². The Labute approximate surface area is 157 Å². The second kappa shape index (κ2) is 6.50. The number of thiophene rings is 1. The summed E-state index contributed by atoms with van der Waals surface area (Å²) < 4.78 is 5.53. The Hall–Kier alpha value is -1.66. The number of nitrogens with one attached hydrogen (secondary N) is 1. The molecule has 6 heteroatoms. The molecule has 2 fully saturated rings. The molecule has 0 unspecified atom stereocenters. The first-order valence-electron chi connectivity index (χ1n) is 9.77. The minimum Gasteiger partial charge on any atom is -0.360 e. The molecule has 138 valence electrons. The molecule has 0 radical (unpaired) electrons. The summed E-state index contributed by atoms with van der Waals surface area (Å²) in [5.41, 5.74) is 3.18. The van der Waals surface area contributed by atoms with Crippen LogP contribution in [0.25, 0.3) is 0 Å². The fourth-order valence-corrected chi connectivity index (χ4v) is 5.48. The Bertz CT molecular complexity index is 792. The van der Waals surface area contributed by atoms with Crippen LogP contribution in [-0.4, -0.2) is 35.1 Å². The summed E-state index contributed by atoms with van der Waals surface area (Å²) in [4.78, 5) is 15.6. The number of nitrogens with zero attached hydrogens (tertiary/aromatic N) is 2. The average molecular weight is 372 g/mol. The first kappa shape index (κ1) is 16.5. The van der Waals surface area contributed by atoms with Crippen molar-refractivity contribution in [3.63, 3.8) is 0 Å². The predicted molar refractivity (Wildman–Crippen MR) is 100 cm³/mol. The number of rotatable bonds is 4. The smallest absolute Gasteiger partial charge is 0.276 e. The van der Waals surface area contributed by atoms with Crippen molar-refractivity contribution in [3.05, 3.63) is 39.4 Å². The van der Waals surface area contributed by atoms with Crippen molar-refractivity contribution in [3.8, 4) is 0 Å². The van der Waals surface area contributed by atoms with Gasteiger partial charge in [-0.05, 0) is 79.4 Å². The quantitative estimate of drug-likeness (QED) is 0.895. The first-order valence-corrected chi connectivity index (χ1v) is 10.7. The van der Waals surface area contributed by atoms with E-state index in [1.165, 1.54) is 18.4 Å². The lowest BCUT2D eigenvalue weighted by Gasteiger charge is -2.29. The van der Waals surface area contributed by atoms with E-state index < -0.39 is 0 Å². The van der Waals surface area contributed by atoms with Crippen molar-refractivity contribution in [2.45, 2.75) is 57.5 Å². The normalized spacial score (nSPS) is 23.6. The Morgan fingerprint density at radius 2 is 2.19 bits per heavy atom. The predicted octanol–water partition coefficient (Wildman–Crippen LogP) is 3.40. The molecule has 5 rings (SSSR count). The molecular formula is C20H25N3O2S. The van der Waals surface area contributed by atoms with E-state index in [-0.39, 0.29) is 5.91 Å². The van der Waals surface area contributed by atoms with Gasteiger partial charge in [0.2, 0.25) is 0 Å². The third kappa shape index (κ3) is 2.79. The first-order chi connectivity index (χ1) is 12.8. The maximum Gasteiger partial charge on any atom is 0.276 e. The van der Waals surface area contributed by atoms with E-state index in [1.807, 2.05) is 0 Å². The van der Waals surface area contributed by atoms with Gasteiger partial charge in [0.05, 0.1) is 0 Å². The SMILES string of the molecule is O=C(c1noc2c1CCCC2)N(Cc1ccsc1)[C@H]1CC12CCNCC2. The molecule has 3 aliphatic rings. The highest BCUT2D eigenvalue weighted by Gasteiger charge is 2.58. The molecule has 1 aliphatic heterocycles. The van der Waals surface area contributed by atoms with Gasteiger partial charge in [-0.2, -0.15) is 11.3 Å². The van der Waals surface area contributed by atoms with Crippen LogP contribution in [-0.2, 0) is 19.4 Å². The molecule has 1 saturated carbocycles. The second-order valence-electron chi connectivity index (χ2n) is 8.04. The molecule has 26 heavy (non-hydrogen) atoms. The number of carbonyl (C=O) groups is 1. The molecular weight excluding hydrogens is 346 g/mol. The molecule has 1 N–H and O–H groups in total. The van der Waals surface area contributed by atoms with Crippen molar-refractivity contribution < 1.29 is 9.32 Å². The average Bonchev–Trinajstić information content (AvgIpc) is 3.08. The lowest BCUT2D eigenvalue weighted by molar-refractivity contribution is 0.0681. The number of hydrogen-bond donors (Lipinski definition) is 1. The van der Waals surface area contributed by atoms with E-state index in [4.69, 9.17) is 4.52 Å². The zero-order valence-electron chi connectivity index (χ0n) is 15.0. The number of piperidine rings is 1. The van der Waals surface area contributed by atoms with E-state index in [2.05, 4.69) is 32.2 Å². The molecule has 2 aromatic rings. The van der Waals surface area contributed by atoms with E-state index in [1.54, 1.807) is 11.3 Å². The highest BCUT2D eigenvalue weighted by atomic mass is 32.1. The highest BCUT2D eigenvalue weighted by Crippen LogP contribution is 2.56. The lowest BCUT2D eigenvalue weighted by atomic mass is 9.93. The van der Waals surface area contributed by atoms with Crippen molar-refractivity contribution in [2.24, 2.45) is 5.41 Å².